The third-order valence-corrected chi connectivity index (χ3v) is 7.00. The highest BCUT2D eigenvalue weighted by atomic mass is 32.4. The van der Waals surface area contributed by atoms with Crippen molar-refractivity contribution in [3.8, 4) is 0 Å². The molecular weight excluding hydrogens is 235 g/mol. The molecule has 1 N–H and O–H groups in total. The van der Waals surface area contributed by atoms with Crippen LogP contribution in [-0.4, -0.2) is 40.5 Å². The zero-order chi connectivity index (χ0) is 11.2. The quantitative estimate of drug-likeness (QED) is 0.430. The zero-order valence-corrected chi connectivity index (χ0v) is 12.2. The van der Waals surface area contributed by atoms with E-state index >= 15 is 0 Å². The second-order valence-electron chi connectivity index (χ2n) is 3.77. The van der Waals surface area contributed by atoms with Crippen molar-refractivity contribution in [2.45, 2.75) is 25.4 Å². The summed E-state index contributed by atoms with van der Waals surface area (Å²) in [7, 11) is 1.50. The SMILES string of the molecule is CO[Si](C)(CCCCP(C)(O)=S)OC. The summed E-state index contributed by atoms with van der Waals surface area (Å²) in [5, 5.41) is 0. The smallest absolute Gasteiger partial charge is 0.334 e. The first-order valence-electron chi connectivity index (χ1n) is 4.72. The van der Waals surface area contributed by atoms with Gasteiger partial charge in [-0.05, 0) is 31.8 Å². The average molecular weight is 256 g/mol. The van der Waals surface area contributed by atoms with E-state index in [0.717, 1.165) is 25.0 Å². The predicted molar refractivity (Wildman–Crippen MR) is 67.0 cm³/mol. The Balaban J connectivity index is 3.68. The van der Waals surface area contributed by atoms with Gasteiger partial charge in [0.15, 0.2) is 0 Å². The topological polar surface area (TPSA) is 38.7 Å². The van der Waals surface area contributed by atoms with Gasteiger partial charge in [-0.15, -0.1) is 0 Å². The summed E-state index contributed by atoms with van der Waals surface area (Å²) < 4.78 is 10.7. The van der Waals surface area contributed by atoms with E-state index in [1.165, 1.54) is 0 Å². The Bertz CT molecular complexity index is 203. The van der Waals surface area contributed by atoms with Crippen LogP contribution in [0.1, 0.15) is 12.8 Å². The normalized spacial score (nSPS) is 16.6. The zero-order valence-electron chi connectivity index (χ0n) is 9.45. The van der Waals surface area contributed by atoms with E-state index < -0.39 is 14.8 Å². The van der Waals surface area contributed by atoms with E-state index in [-0.39, 0.29) is 0 Å². The number of rotatable bonds is 7. The van der Waals surface area contributed by atoms with Crippen LogP contribution in [0.4, 0.5) is 0 Å². The first kappa shape index (κ1) is 14.7. The van der Waals surface area contributed by atoms with Crippen molar-refractivity contribution >= 4 is 26.6 Å². The Morgan fingerprint density at radius 3 is 2.14 bits per heavy atom. The van der Waals surface area contributed by atoms with Gasteiger partial charge in [-0.3, -0.25) is 0 Å². The monoisotopic (exact) mass is 256 g/mol. The van der Waals surface area contributed by atoms with Crippen LogP contribution in [0, 0.1) is 0 Å². The molecule has 1 atom stereocenters. The predicted octanol–water partition coefficient (Wildman–Crippen LogP) is 2.15. The lowest BCUT2D eigenvalue weighted by Crippen LogP contribution is -2.35. The lowest BCUT2D eigenvalue weighted by molar-refractivity contribution is 0.248. The molecule has 0 saturated heterocycles. The van der Waals surface area contributed by atoms with Crippen LogP contribution in [0.3, 0.4) is 0 Å². The van der Waals surface area contributed by atoms with Crippen LogP contribution < -0.4 is 0 Å². The molecule has 0 bridgehead atoms. The highest BCUT2D eigenvalue weighted by molar-refractivity contribution is 8.11. The van der Waals surface area contributed by atoms with Crippen molar-refractivity contribution in [1.82, 2.24) is 0 Å². The molecule has 0 aliphatic heterocycles. The van der Waals surface area contributed by atoms with Crippen molar-refractivity contribution in [3.63, 3.8) is 0 Å². The fourth-order valence-corrected chi connectivity index (χ4v) is 3.80. The van der Waals surface area contributed by atoms with E-state index in [2.05, 4.69) is 0 Å². The van der Waals surface area contributed by atoms with Gasteiger partial charge < -0.3 is 13.7 Å². The van der Waals surface area contributed by atoms with Gasteiger partial charge in [0.1, 0.15) is 0 Å². The molecule has 0 saturated carbocycles. The van der Waals surface area contributed by atoms with Gasteiger partial charge in [-0.2, -0.15) is 0 Å². The minimum Gasteiger partial charge on any atom is -0.398 e. The minimum atomic E-state index is -2.00. The standard InChI is InChI=1S/C8H21O3PSSi/c1-10-14(4,11-2)8-6-5-7-12(3,9)13/h5-8H2,1-4H3,(H,9,13). The lowest BCUT2D eigenvalue weighted by Gasteiger charge is -2.22. The van der Waals surface area contributed by atoms with E-state index in [1.807, 2.05) is 6.55 Å². The largest absolute Gasteiger partial charge is 0.398 e. The molecule has 0 rings (SSSR count). The van der Waals surface area contributed by atoms with Crippen LogP contribution >= 0.6 is 6.26 Å². The van der Waals surface area contributed by atoms with E-state index in [0.29, 0.717) is 0 Å². The van der Waals surface area contributed by atoms with Crippen molar-refractivity contribution in [2.24, 2.45) is 0 Å². The van der Waals surface area contributed by atoms with Gasteiger partial charge in [0.2, 0.25) is 0 Å². The van der Waals surface area contributed by atoms with Crippen LogP contribution in [0.25, 0.3) is 0 Å². The van der Waals surface area contributed by atoms with Gasteiger partial charge in [0.25, 0.3) is 0 Å². The second-order valence-corrected chi connectivity index (χ2v) is 12.3. The highest BCUT2D eigenvalue weighted by Crippen LogP contribution is 2.37. The molecule has 0 radical (unpaired) electrons. The van der Waals surface area contributed by atoms with Crippen molar-refractivity contribution < 1.29 is 13.7 Å². The molecule has 0 fully saturated rings. The highest BCUT2D eigenvalue weighted by Gasteiger charge is 2.27. The molecule has 0 aromatic rings. The van der Waals surface area contributed by atoms with E-state index in [4.69, 9.17) is 20.7 Å². The third kappa shape index (κ3) is 7.09. The molecule has 1 unspecified atom stereocenters. The Labute approximate surface area is 93.1 Å². The average Bonchev–Trinajstić information content (AvgIpc) is 2.11. The molecule has 0 spiro atoms. The molecule has 0 aliphatic carbocycles. The van der Waals surface area contributed by atoms with E-state index in [1.54, 1.807) is 20.9 Å². The van der Waals surface area contributed by atoms with Crippen molar-refractivity contribution in [2.75, 3.05) is 27.0 Å². The van der Waals surface area contributed by atoms with Gasteiger partial charge in [-0.25, -0.2) is 0 Å². The molecule has 0 heterocycles. The molecule has 0 aliphatic rings. The Morgan fingerprint density at radius 1 is 1.29 bits per heavy atom. The molecule has 0 aromatic heterocycles. The fourth-order valence-electron chi connectivity index (χ4n) is 1.14. The summed E-state index contributed by atoms with van der Waals surface area (Å²) in [4.78, 5) is 9.44. The first-order valence-corrected chi connectivity index (χ1v) is 10.6. The summed E-state index contributed by atoms with van der Waals surface area (Å²) >= 11 is 4.96. The summed E-state index contributed by atoms with van der Waals surface area (Å²) in [6, 6.07) is 0.968. The summed E-state index contributed by atoms with van der Waals surface area (Å²) in [6.45, 7) is 3.82. The fraction of sp³-hybridized carbons (Fsp3) is 1.00. The van der Waals surface area contributed by atoms with Crippen molar-refractivity contribution in [1.29, 1.82) is 0 Å². The molecule has 0 amide bonds. The summed E-state index contributed by atoms with van der Waals surface area (Å²) in [6.07, 6.45) is 0.763. The maximum absolute atomic E-state index is 9.44. The summed E-state index contributed by atoms with van der Waals surface area (Å²) in [5.74, 6) is 0. The number of unbranched alkanes of at least 4 members (excludes halogenated alkanes) is 1. The van der Waals surface area contributed by atoms with Crippen LogP contribution in [-0.2, 0) is 20.7 Å². The van der Waals surface area contributed by atoms with Crippen LogP contribution in [0.2, 0.25) is 12.6 Å². The van der Waals surface area contributed by atoms with Gasteiger partial charge in [-0.1, -0.05) is 18.2 Å². The molecule has 3 nitrogen and oxygen atoms in total. The lowest BCUT2D eigenvalue weighted by atomic mass is 10.4. The third-order valence-electron chi connectivity index (χ3n) is 2.32. The van der Waals surface area contributed by atoms with Crippen LogP contribution in [0.15, 0.2) is 0 Å². The molecule has 6 heteroatoms. The molecule has 14 heavy (non-hydrogen) atoms. The number of hydrogen-bond donors (Lipinski definition) is 1. The van der Waals surface area contributed by atoms with E-state index in [9.17, 15) is 4.89 Å². The minimum absolute atomic E-state index is 0.764. The molecule has 0 aromatic carbocycles. The van der Waals surface area contributed by atoms with Gasteiger partial charge in [0, 0.05) is 14.2 Å². The molecular formula is C8H21O3PSSi. The first-order chi connectivity index (χ1) is 6.33. The second kappa shape index (κ2) is 6.36. The Hall–Kier alpha value is 0.747. The van der Waals surface area contributed by atoms with Gasteiger partial charge >= 0.3 is 8.56 Å². The maximum Gasteiger partial charge on any atom is 0.334 e. The van der Waals surface area contributed by atoms with Crippen molar-refractivity contribution in [3.05, 3.63) is 0 Å². The maximum atomic E-state index is 9.44. The number of hydrogen-bond acceptors (Lipinski definition) is 3. The molecule has 86 valence electrons. The Morgan fingerprint density at radius 2 is 1.79 bits per heavy atom. The summed E-state index contributed by atoms with van der Waals surface area (Å²) in [5.41, 5.74) is 0. The Kier molecular flexibility index (Phi) is 6.69. The van der Waals surface area contributed by atoms with Gasteiger partial charge in [0.05, 0.1) is 6.26 Å². The van der Waals surface area contributed by atoms with Crippen LogP contribution in [0.5, 0.6) is 0 Å².